The molecule has 2 aromatic carbocycles. The van der Waals surface area contributed by atoms with Gasteiger partial charge in [-0.05, 0) is 50.2 Å². The van der Waals surface area contributed by atoms with Gasteiger partial charge in [-0.25, -0.2) is 5.43 Å². The summed E-state index contributed by atoms with van der Waals surface area (Å²) in [5, 5.41) is 12.7. The van der Waals surface area contributed by atoms with Crippen molar-refractivity contribution in [3.63, 3.8) is 0 Å². The van der Waals surface area contributed by atoms with Gasteiger partial charge in [-0.2, -0.15) is 10.4 Å². The first-order chi connectivity index (χ1) is 13.0. The van der Waals surface area contributed by atoms with Crippen molar-refractivity contribution in [3.8, 4) is 23.3 Å². The maximum Gasteiger partial charge on any atom is 0.277 e. The smallest absolute Gasteiger partial charge is 0.277 e. The van der Waals surface area contributed by atoms with Gasteiger partial charge in [0.15, 0.2) is 18.1 Å². The van der Waals surface area contributed by atoms with E-state index >= 15 is 0 Å². The fourth-order valence-electron chi connectivity index (χ4n) is 2.14. The van der Waals surface area contributed by atoms with E-state index in [1.807, 2.05) is 32.0 Å². The van der Waals surface area contributed by atoms with Gasteiger partial charge in [0.2, 0.25) is 0 Å². The van der Waals surface area contributed by atoms with Crippen LogP contribution in [0.5, 0.6) is 17.2 Å². The van der Waals surface area contributed by atoms with Gasteiger partial charge in [-0.1, -0.05) is 6.07 Å². The van der Waals surface area contributed by atoms with E-state index in [4.69, 9.17) is 19.5 Å². The van der Waals surface area contributed by atoms with Gasteiger partial charge in [-0.15, -0.1) is 0 Å². The number of hydrogen-bond donors (Lipinski definition) is 1. The first kappa shape index (κ1) is 19.8. The molecule has 7 nitrogen and oxygen atoms in total. The molecule has 27 heavy (non-hydrogen) atoms. The van der Waals surface area contributed by atoms with E-state index in [1.54, 1.807) is 37.4 Å². The van der Waals surface area contributed by atoms with Gasteiger partial charge in [0, 0.05) is 5.56 Å². The summed E-state index contributed by atoms with van der Waals surface area (Å²) in [6.45, 7) is 3.63. The highest BCUT2D eigenvalue weighted by molar-refractivity contribution is 5.86. The monoisotopic (exact) mass is 367 g/mol. The topological polar surface area (TPSA) is 92.9 Å². The third-order valence-electron chi connectivity index (χ3n) is 3.33. The first-order valence-electron chi connectivity index (χ1n) is 8.32. The molecule has 0 aromatic heterocycles. The van der Waals surface area contributed by atoms with Crippen molar-refractivity contribution in [1.29, 1.82) is 5.26 Å². The molecule has 0 saturated carbocycles. The molecule has 0 aliphatic rings. The number of hydrogen-bond acceptors (Lipinski definition) is 6. The van der Waals surface area contributed by atoms with E-state index < -0.39 is 5.91 Å². The molecule has 0 bridgehead atoms. The molecular formula is C20H21N3O4. The van der Waals surface area contributed by atoms with Gasteiger partial charge in [0.25, 0.3) is 5.91 Å². The fourth-order valence-corrected chi connectivity index (χ4v) is 2.14. The maximum atomic E-state index is 11.9. The minimum absolute atomic E-state index is 0.0381. The molecule has 1 N–H and O–H groups in total. The summed E-state index contributed by atoms with van der Waals surface area (Å²) < 4.78 is 16.4. The number of nitrogens with zero attached hydrogens (tertiary/aromatic N) is 2. The SMILES string of the molecule is COc1cccc(/C=N\NC(=O)COc2ccc(C#N)cc2)c1OC(C)C. The number of hydrazone groups is 1. The average Bonchev–Trinajstić information content (AvgIpc) is 2.67. The van der Waals surface area contributed by atoms with Gasteiger partial charge in [0.1, 0.15) is 5.75 Å². The van der Waals surface area contributed by atoms with Gasteiger partial charge < -0.3 is 14.2 Å². The minimum atomic E-state index is -0.412. The maximum absolute atomic E-state index is 11.9. The first-order valence-corrected chi connectivity index (χ1v) is 8.32. The molecule has 7 heteroatoms. The van der Waals surface area contributed by atoms with Crippen molar-refractivity contribution in [2.45, 2.75) is 20.0 Å². The lowest BCUT2D eigenvalue weighted by Gasteiger charge is -2.15. The fraction of sp³-hybridized carbons (Fsp3) is 0.250. The summed E-state index contributed by atoms with van der Waals surface area (Å²) in [7, 11) is 1.56. The minimum Gasteiger partial charge on any atom is -0.493 e. The number of nitriles is 1. The molecule has 0 aliphatic heterocycles. The Balaban J connectivity index is 1.94. The lowest BCUT2D eigenvalue weighted by atomic mass is 10.2. The van der Waals surface area contributed by atoms with E-state index in [1.165, 1.54) is 6.21 Å². The van der Waals surface area contributed by atoms with Crippen LogP contribution >= 0.6 is 0 Å². The van der Waals surface area contributed by atoms with Gasteiger partial charge in [-0.3, -0.25) is 4.79 Å². The molecule has 0 aliphatic carbocycles. The van der Waals surface area contributed by atoms with Crippen LogP contribution in [0.25, 0.3) is 0 Å². The third kappa shape index (κ3) is 6.04. The van der Waals surface area contributed by atoms with Crippen LogP contribution in [-0.2, 0) is 4.79 Å². The summed E-state index contributed by atoms with van der Waals surface area (Å²) in [6, 6.07) is 13.9. The number of rotatable bonds is 8. The van der Waals surface area contributed by atoms with Crippen LogP contribution in [0, 0.1) is 11.3 Å². The number of benzene rings is 2. The zero-order valence-electron chi connectivity index (χ0n) is 15.4. The second-order valence-electron chi connectivity index (χ2n) is 5.76. The highest BCUT2D eigenvalue weighted by Crippen LogP contribution is 2.30. The van der Waals surface area contributed by atoms with E-state index in [2.05, 4.69) is 10.5 Å². The van der Waals surface area contributed by atoms with Crippen LogP contribution in [0.1, 0.15) is 25.0 Å². The Morgan fingerprint density at radius 2 is 2.00 bits per heavy atom. The standard InChI is InChI=1S/C20H21N3O4/c1-14(2)27-20-16(5-4-6-18(20)25-3)12-22-23-19(24)13-26-17-9-7-15(11-21)8-10-17/h4-10,12,14H,13H2,1-3H3,(H,23,24)/b22-12-. The number of methoxy groups -OCH3 is 1. The number of carbonyl (C=O) groups excluding carboxylic acids is 1. The molecule has 2 aromatic rings. The lowest BCUT2D eigenvalue weighted by molar-refractivity contribution is -0.123. The largest absolute Gasteiger partial charge is 0.493 e. The van der Waals surface area contributed by atoms with Crippen LogP contribution < -0.4 is 19.6 Å². The Hall–Kier alpha value is -3.53. The van der Waals surface area contributed by atoms with Crippen molar-refractivity contribution < 1.29 is 19.0 Å². The normalized spacial score (nSPS) is 10.5. The second kappa shape index (κ2) is 9.82. The Bertz CT molecular complexity index is 839. The van der Waals surface area contributed by atoms with Crippen LogP contribution in [0.15, 0.2) is 47.6 Å². The summed E-state index contributed by atoms with van der Waals surface area (Å²) in [5.74, 6) is 1.23. The number of carbonyl (C=O) groups is 1. The molecule has 1 amide bonds. The molecular weight excluding hydrogens is 346 g/mol. The van der Waals surface area contributed by atoms with Crippen molar-refractivity contribution in [3.05, 3.63) is 53.6 Å². The molecule has 0 atom stereocenters. The summed E-state index contributed by atoms with van der Waals surface area (Å²) in [6.07, 6.45) is 1.45. The van der Waals surface area contributed by atoms with Gasteiger partial charge in [0.05, 0.1) is 31.1 Å². The molecule has 0 heterocycles. The molecule has 0 spiro atoms. The number of para-hydroxylation sites is 1. The lowest BCUT2D eigenvalue weighted by Crippen LogP contribution is -2.24. The van der Waals surface area contributed by atoms with Crippen molar-refractivity contribution in [2.24, 2.45) is 5.10 Å². The molecule has 0 fully saturated rings. The Labute approximate surface area is 158 Å². The van der Waals surface area contributed by atoms with Crippen molar-refractivity contribution in [2.75, 3.05) is 13.7 Å². The zero-order valence-corrected chi connectivity index (χ0v) is 15.4. The molecule has 0 saturated heterocycles. The Kier molecular flexibility index (Phi) is 7.20. The van der Waals surface area contributed by atoms with Gasteiger partial charge >= 0.3 is 0 Å². The predicted molar refractivity (Wildman–Crippen MR) is 101 cm³/mol. The second-order valence-corrected chi connectivity index (χ2v) is 5.76. The van der Waals surface area contributed by atoms with E-state index in [0.29, 0.717) is 28.4 Å². The van der Waals surface area contributed by atoms with E-state index in [9.17, 15) is 4.79 Å². The zero-order chi connectivity index (χ0) is 19.6. The predicted octanol–water partition coefficient (Wildman–Crippen LogP) is 2.88. The Morgan fingerprint density at radius 3 is 2.63 bits per heavy atom. The molecule has 0 radical (unpaired) electrons. The number of nitrogens with one attached hydrogen (secondary N) is 1. The van der Waals surface area contributed by atoms with E-state index in [0.717, 1.165) is 0 Å². The van der Waals surface area contributed by atoms with Crippen molar-refractivity contribution in [1.82, 2.24) is 5.43 Å². The average molecular weight is 367 g/mol. The summed E-state index contributed by atoms with van der Waals surface area (Å²) >= 11 is 0. The van der Waals surface area contributed by atoms with Crippen LogP contribution in [0.3, 0.4) is 0 Å². The van der Waals surface area contributed by atoms with Crippen LogP contribution in [0.4, 0.5) is 0 Å². The molecule has 140 valence electrons. The summed E-state index contributed by atoms with van der Waals surface area (Å²) in [4.78, 5) is 11.9. The Morgan fingerprint density at radius 1 is 1.26 bits per heavy atom. The van der Waals surface area contributed by atoms with Crippen molar-refractivity contribution >= 4 is 12.1 Å². The highest BCUT2D eigenvalue weighted by atomic mass is 16.5. The number of ether oxygens (including phenoxy) is 3. The third-order valence-corrected chi connectivity index (χ3v) is 3.33. The van der Waals surface area contributed by atoms with E-state index in [-0.39, 0.29) is 12.7 Å². The quantitative estimate of drug-likeness (QED) is 0.572. The molecule has 0 unspecified atom stereocenters. The summed E-state index contributed by atoms with van der Waals surface area (Å²) in [5.41, 5.74) is 3.60. The molecule has 2 rings (SSSR count). The number of amides is 1. The van der Waals surface area contributed by atoms with Crippen LogP contribution in [-0.4, -0.2) is 31.9 Å². The highest BCUT2D eigenvalue weighted by Gasteiger charge is 2.11. The van der Waals surface area contributed by atoms with Crippen LogP contribution in [0.2, 0.25) is 0 Å².